The molecule has 8 nitrogen and oxygen atoms in total. The molecule has 0 unspecified atom stereocenters. The molecule has 1 aliphatic rings. The Hall–Kier alpha value is -4.78. The van der Waals surface area contributed by atoms with Crippen molar-refractivity contribution in [2.24, 2.45) is 0 Å². The lowest BCUT2D eigenvalue weighted by atomic mass is 9.95. The van der Waals surface area contributed by atoms with E-state index in [4.69, 9.17) is 10.5 Å². The summed E-state index contributed by atoms with van der Waals surface area (Å²) in [5.74, 6) is 5.75. The highest BCUT2D eigenvalue weighted by molar-refractivity contribution is 6.22. The van der Waals surface area contributed by atoms with Crippen LogP contribution in [0, 0.1) is 24.5 Å². The third kappa shape index (κ3) is 3.94. The number of nitrogens with zero attached hydrogens (tertiary/aromatic N) is 6. The number of aromatic nitrogens is 6. The van der Waals surface area contributed by atoms with Crippen LogP contribution in [0.1, 0.15) is 23.4 Å². The lowest BCUT2D eigenvalue weighted by molar-refractivity contribution is 0.410. The van der Waals surface area contributed by atoms with E-state index in [0.29, 0.717) is 22.4 Å². The fourth-order valence-electron chi connectivity index (χ4n) is 4.83. The summed E-state index contributed by atoms with van der Waals surface area (Å²) < 4.78 is 23.2. The van der Waals surface area contributed by atoms with E-state index in [1.54, 1.807) is 32.2 Å². The number of nitrogens with two attached hydrogens (primary N) is 1. The van der Waals surface area contributed by atoms with Crippen molar-refractivity contribution < 1.29 is 9.13 Å². The maximum atomic E-state index is 15.4. The number of pyridine rings is 1. The second-order valence-corrected chi connectivity index (χ2v) is 8.77. The van der Waals surface area contributed by atoms with Gasteiger partial charge in [-0.25, -0.2) is 29.3 Å². The number of nitrogen functional groups attached to an aromatic ring is 1. The van der Waals surface area contributed by atoms with E-state index in [-0.39, 0.29) is 11.8 Å². The molecule has 1 aliphatic heterocycles. The van der Waals surface area contributed by atoms with Gasteiger partial charge in [0.05, 0.1) is 11.1 Å². The van der Waals surface area contributed by atoms with Gasteiger partial charge in [-0.05, 0) is 55.2 Å². The number of fused-ring (bicyclic) bond motifs is 5. The topological polar surface area (TPSA) is 105 Å². The molecule has 0 saturated heterocycles. The van der Waals surface area contributed by atoms with E-state index in [1.807, 2.05) is 19.2 Å². The van der Waals surface area contributed by atoms with E-state index >= 15 is 4.39 Å². The smallest absolute Gasteiger partial charge is 0.322 e. The first-order valence-electron chi connectivity index (χ1n) is 11.9. The van der Waals surface area contributed by atoms with Gasteiger partial charge in [0, 0.05) is 35.8 Å². The molecule has 37 heavy (non-hydrogen) atoms. The zero-order valence-corrected chi connectivity index (χ0v) is 20.3. The molecule has 0 spiro atoms. The Morgan fingerprint density at radius 2 is 2.03 bits per heavy atom. The molecule has 0 radical (unpaired) electrons. The largest absolute Gasteiger partial charge is 0.421 e. The van der Waals surface area contributed by atoms with Gasteiger partial charge >= 0.3 is 6.01 Å². The number of benzene rings is 1. The highest BCUT2D eigenvalue weighted by Gasteiger charge is 2.27. The van der Waals surface area contributed by atoms with Gasteiger partial charge in [-0.15, -0.1) is 0 Å². The average Bonchev–Trinajstić information content (AvgIpc) is 3.09. The highest BCUT2D eigenvalue weighted by atomic mass is 19.1. The Balaban J connectivity index is 1.56. The van der Waals surface area contributed by atoms with Crippen LogP contribution in [0.2, 0.25) is 0 Å². The van der Waals surface area contributed by atoms with Gasteiger partial charge in [0.1, 0.15) is 23.5 Å². The molecule has 10 heteroatoms. The Morgan fingerprint density at radius 3 is 2.84 bits per heavy atom. The summed E-state index contributed by atoms with van der Waals surface area (Å²) in [7, 11) is 1.79. The highest BCUT2D eigenvalue weighted by Crippen LogP contribution is 2.45. The molecule has 0 bridgehead atoms. The Bertz CT molecular complexity index is 1760. The van der Waals surface area contributed by atoms with Crippen LogP contribution in [0.3, 0.4) is 0 Å². The first-order chi connectivity index (χ1) is 18.0. The van der Waals surface area contributed by atoms with Crippen LogP contribution in [-0.2, 0) is 13.0 Å². The maximum absolute atomic E-state index is 15.4. The lowest BCUT2D eigenvalue weighted by Gasteiger charge is -2.12. The van der Waals surface area contributed by atoms with Crippen molar-refractivity contribution in [2.45, 2.75) is 26.3 Å². The molecule has 180 valence electrons. The Morgan fingerprint density at radius 1 is 1.14 bits per heavy atom. The number of anilines is 1. The zero-order valence-electron chi connectivity index (χ0n) is 20.3. The van der Waals surface area contributed by atoms with Crippen molar-refractivity contribution in [3.05, 3.63) is 71.8 Å². The second-order valence-electron chi connectivity index (χ2n) is 8.77. The van der Waals surface area contributed by atoms with Crippen LogP contribution in [-0.4, -0.2) is 37.3 Å². The fourth-order valence-corrected chi connectivity index (χ4v) is 4.83. The minimum absolute atomic E-state index is 0.0259. The van der Waals surface area contributed by atoms with Crippen molar-refractivity contribution in [3.8, 4) is 45.9 Å². The molecule has 4 aromatic heterocycles. The quantitative estimate of drug-likeness (QED) is 0.305. The summed E-state index contributed by atoms with van der Waals surface area (Å²) >= 11 is 0. The second kappa shape index (κ2) is 9.02. The molecule has 5 heterocycles. The zero-order chi connectivity index (χ0) is 25.5. The summed E-state index contributed by atoms with van der Waals surface area (Å²) in [5, 5.41) is 0.679. The first-order valence-corrected chi connectivity index (χ1v) is 11.9. The third-order valence-electron chi connectivity index (χ3n) is 6.39. The van der Waals surface area contributed by atoms with Crippen LogP contribution in [0.15, 0.2) is 49.1 Å². The van der Waals surface area contributed by atoms with E-state index in [2.05, 4.69) is 41.2 Å². The van der Waals surface area contributed by atoms with Gasteiger partial charge in [-0.2, -0.15) is 5.82 Å². The number of aryl methyl sites for hydroxylation is 3. The fraction of sp³-hybridized carbons (Fsp3) is 0.148. The molecule has 6 rings (SSSR count). The van der Waals surface area contributed by atoms with Gasteiger partial charge < -0.3 is 15.0 Å². The van der Waals surface area contributed by atoms with Gasteiger partial charge in [-0.1, -0.05) is 12.0 Å². The standard InChI is InChI=1S/C27H21BFN7O/c1-15-7-9-31-27(35-15)37-21-5-4-17(12-20(21)29)22-23-25(30)33-14-34-26(23)36-10-2-3-16-11-18(6-8-28)32-13-19(16)24(22)36/h4-5,7,9,11-14H,2-3,10,28H2,1H3,(H2,30,33,34). The monoisotopic (exact) mass is 489 g/mol. The molecule has 1 aromatic carbocycles. The average molecular weight is 489 g/mol. The molecule has 2 N–H and O–H groups in total. The summed E-state index contributed by atoms with van der Waals surface area (Å²) in [4.78, 5) is 21.6. The molecular weight excluding hydrogens is 468 g/mol. The first kappa shape index (κ1) is 22.7. The predicted molar refractivity (Wildman–Crippen MR) is 141 cm³/mol. The van der Waals surface area contributed by atoms with E-state index < -0.39 is 5.82 Å². The number of rotatable bonds is 3. The van der Waals surface area contributed by atoms with Crippen LogP contribution >= 0.6 is 0 Å². The van der Waals surface area contributed by atoms with Crippen molar-refractivity contribution >= 4 is 24.7 Å². The van der Waals surface area contributed by atoms with E-state index in [1.165, 1.54) is 12.4 Å². The minimum Gasteiger partial charge on any atom is -0.421 e. The van der Waals surface area contributed by atoms with Crippen LogP contribution in [0.25, 0.3) is 33.4 Å². The maximum Gasteiger partial charge on any atom is 0.322 e. The minimum atomic E-state index is -0.549. The van der Waals surface area contributed by atoms with Gasteiger partial charge in [-0.3, -0.25) is 0 Å². The predicted octanol–water partition coefficient (Wildman–Crippen LogP) is 3.66. The number of ether oxygens (including phenoxy) is 1. The van der Waals surface area contributed by atoms with Gasteiger partial charge in [0.25, 0.3) is 0 Å². The number of hydrogen-bond acceptors (Lipinski definition) is 7. The Labute approximate surface area is 213 Å². The molecule has 0 aliphatic carbocycles. The molecule has 0 atom stereocenters. The third-order valence-corrected chi connectivity index (χ3v) is 6.39. The lowest BCUT2D eigenvalue weighted by Crippen LogP contribution is -2.00. The van der Waals surface area contributed by atoms with Crippen molar-refractivity contribution in [2.75, 3.05) is 5.73 Å². The Kier molecular flexibility index (Phi) is 5.53. The number of halogens is 1. The van der Waals surface area contributed by atoms with Crippen molar-refractivity contribution in [1.82, 2.24) is 29.5 Å². The van der Waals surface area contributed by atoms with Gasteiger partial charge in [0.15, 0.2) is 19.4 Å². The summed E-state index contributed by atoms with van der Waals surface area (Å²) in [6, 6.07) is 8.65. The number of hydrogen-bond donors (Lipinski definition) is 1. The van der Waals surface area contributed by atoms with Crippen molar-refractivity contribution in [3.63, 3.8) is 0 Å². The molecule has 0 saturated carbocycles. The molecule has 0 amide bonds. The SMILES string of the molecule is BC#Cc1cc2c(cn1)-c1c(-c3ccc(Oc4nccc(C)n4)c(F)c3)c3c(N)ncnc3n1CCC2. The molecule has 0 fully saturated rings. The van der Waals surface area contributed by atoms with Gasteiger partial charge in [0.2, 0.25) is 0 Å². The summed E-state index contributed by atoms with van der Waals surface area (Å²) in [5.41, 5.74) is 12.9. The molecular formula is C27H21BFN7O. The van der Waals surface area contributed by atoms with E-state index in [9.17, 15) is 0 Å². The summed E-state index contributed by atoms with van der Waals surface area (Å²) in [6.07, 6.45) is 6.61. The van der Waals surface area contributed by atoms with Crippen LogP contribution in [0.5, 0.6) is 11.8 Å². The van der Waals surface area contributed by atoms with Crippen LogP contribution in [0.4, 0.5) is 10.2 Å². The van der Waals surface area contributed by atoms with Crippen molar-refractivity contribution in [1.29, 1.82) is 0 Å². The molecule has 5 aromatic rings. The van der Waals surface area contributed by atoms with Crippen LogP contribution < -0.4 is 10.5 Å². The normalized spacial score (nSPS) is 12.3. The van der Waals surface area contributed by atoms with E-state index in [0.717, 1.165) is 53.2 Å². The summed E-state index contributed by atoms with van der Waals surface area (Å²) in [6.45, 7) is 2.54.